The Morgan fingerprint density at radius 3 is 2.20 bits per heavy atom. The van der Waals surface area contributed by atoms with Gasteiger partial charge in [0.1, 0.15) is 6.10 Å². The smallest absolute Gasteiger partial charge is 0.178 e. The van der Waals surface area contributed by atoms with Crippen molar-refractivity contribution in [3.63, 3.8) is 0 Å². The van der Waals surface area contributed by atoms with Crippen LogP contribution in [-0.4, -0.2) is 5.11 Å². The fourth-order valence-electron chi connectivity index (χ4n) is 1.54. The lowest BCUT2D eigenvalue weighted by atomic mass is 10.1. The standard InChI is InChI=1S/C13H14NO/c15-13(12-7-3-1-4-8-12)11-14-9-5-2-6-10-14/h1-10,13,15H,11H2/q+1/t13-/m1/s1. The SMILES string of the molecule is O[C@H](C[n+]1ccccc1)c1ccccc1. The molecule has 0 aliphatic rings. The van der Waals surface area contributed by atoms with E-state index >= 15 is 0 Å². The van der Waals surface area contributed by atoms with Gasteiger partial charge in [0.25, 0.3) is 0 Å². The Morgan fingerprint density at radius 2 is 1.53 bits per heavy atom. The zero-order chi connectivity index (χ0) is 10.5. The number of hydrogen-bond acceptors (Lipinski definition) is 1. The van der Waals surface area contributed by atoms with Crippen molar-refractivity contribution in [1.29, 1.82) is 0 Å². The number of nitrogens with zero attached hydrogens (tertiary/aromatic N) is 1. The lowest BCUT2D eigenvalue weighted by Gasteiger charge is -2.06. The highest BCUT2D eigenvalue weighted by Gasteiger charge is 2.11. The molecule has 2 nitrogen and oxygen atoms in total. The van der Waals surface area contributed by atoms with Gasteiger partial charge in [0.2, 0.25) is 0 Å². The Labute approximate surface area is 89.4 Å². The average Bonchev–Trinajstić information content (AvgIpc) is 2.31. The molecule has 0 saturated carbocycles. The minimum Gasteiger partial charge on any atom is -0.382 e. The Bertz CT molecular complexity index is 399. The third-order valence-corrected chi connectivity index (χ3v) is 2.35. The topological polar surface area (TPSA) is 24.1 Å². The Morgan fingerprint density at radius 1 is 0.933 bits per heavy atom. The number of pyridine rings is 1. The maximum atomic E-state index is 9.95. The molecule has 0 amide bonds. The lowest BCUT2D eigenvalue weighted by molar-refractivity contribution is -0.704. The predicted molar refractivity (Wildman–Crippen MR) is 58.0 cm³/mol. The van der Waals surface area contributed by atoms with Crippen LogP contribution in [0.2, 0.25) is 0 Å². The first-order valence-electron chi connectivity index (χ1n) is 5.03. The zero-order valence-corrected chi connectivity index (χ0v) is 8.45. The van der Waals surface area contributed by atoms with Gasteiger partial charge < -0.3 is 5.11 Å². The minimum absolute atomic E-state index is 0.446. The molecule has 1 N–H and O–H groups in total. The molecule has 1 heterocycles. The van der Waals surface area contributed by atoms with Gasteiger partial charge in [-0.3, -0.25) is 0 Å². The summed E-state index contributed by atoms with van der Waals surface area (Å²) in [7, 11) is 0. The molecule has 1 aromatic heterocycles. The van der Waals surface area contributed by atoms with Crippen molar-refractivity contribution in [2.75, 3.05) is 0 Å². The molecule has 15 heavy (non-hydrogen) atoms. The summed E-state index contributed by atoms with van der Waals surface area (Å²) in [5.41, 5.74) is 0.953. The van der Waals surface area contributed by atoms with Crippen molar-refractivity contribution in [2.24, 2.45) is 0 Å². The summed E-state index contributed by atoms with van der Waals surface area (Å²) in [5.74, 6) is 0. The van der Waals surface area contributed by atoms with E-state index in [4.69, 9.17) is 0 Å². The van der Waals surface area contributed by atoms with Gasteiger partial charge in [-0.2, -0.15) is 0 Å². The van der Waals surface area contributed by atoms with Crippen LogP contribution in [0.5, 0.6) is 0 Å². The Hall–Kier alpha value is -1.67. The van der Waals surface area contributed by atoms with E-state index in [1.165, 1.54) is 0 Å². The molecule has 76 valence electrons. The van der Waals surface area contributed by atoms with Gasteiger partial charge in [-0.1, -0.05) is 36.4 Å². The van der Waals surface area contributed by atoms with Crippen molar-refractivity contribution in [2.45, 2.75) is 12.6 Å². The second-order valence-electron chi connectivity index (χ2n) is 3.50. The molecular formula is C13H14NO+. The molecule has 0 spiro atoms. The number of aliphatic hydroxyl groups is 1. The van der Waals surface area contributed by atoms with Crippen molar-refractivity contribution >= 4 is 0 Å². The summed E-state index contributed by atoms with van der Waals surface area (Å²) in [6.07, 6.45) is 3.46. The summed E-state index contributed by atoms with van der Waals surface area (Å²) in [6, 6.07) is 15.6. The molecule has 0 aliphatic carbocycles. The first kappa shape index (κ1) is 9.87. The largest absolute Gasteiger partial charge is 0.382 e. The summed E-state index contributed by atoms with van der Waals surface area (Å²) < 4.78 is 1.97. The van der Waals surface area contributed by atoms with E-state index in [-0.39, 0.29) is 0 Å². The molecule has 2 rings (SSSR count). The van der Waals surface area contributed by atoms with E-state index < -0.39 is 6.10 Å². The zero-order valence-electron chi connectivity index (χ0n) is 8.45. The van der Waals surface area contributed by atoms with E-state index in [0.717, 1.165) is 5.56 Å². The van der Waals surface area contributed by atoms with Crippen molar-refractivity contribution in [3.05, 3.63) is 66.5 Å². The van der Waals surface area contributed by atoms with Gasteiger partial charge in [-0.25, -0.2) is 4.57 Å². The molecule has 1 aromatic carbocycles. The van der Waals surface area contributed by atoms with Crippen LogP contribution in [-0.2, 0) is 6.54 Å². The molecule has 0 saturated heterocycles. The normalized spacial score (nSPS) is 12.3. The van der Waals surface area contributed by atoms with Crippen LogP contribution < -0.4 is 4.57 Å². The quantitative estimate of drug-likeness (QED) is 0.749. The summed E-state index contributed by atoms with van der Waals surface area (Å²) in [4.78, 5) is 0. The molecule has 2 heteroatoms. The maximum Gasteiger partial charge on any atom is 0.178 e. The Kier molecular flexibility index (Phi) is 3.10. The molecular weight excluding hydrogens is 186 g/mol. The number of aliphatic hydroxyl groups excluding tert-OH is 1. The van der Waals surface area contributed by atoms with E-state index in [2.05, 4.69) is 0 Å². The first-order valence-corrected chi connectivity index (χ1v) is 5.03. The van der Waals surface area contributed by atoms with Gasteiger partial charge >= 0.3 is 0 Å². The van der Waals surface area contributed by atoms with Gasteiger partial charge in [0, 0.05) is 12.1 Å². The summed E-state index contributed by atoms with van der Waals surface area (Å²) in [6.45, 7) is 0.588. The highest BCUT2D eigenvalue weighted by molar-refractivity contribution is 5.16. The summed E-state index contributed by atoms with van der Waals surface area (Å²) >= 11 is 0. The van der Waals surface area contributed by atoms with E-state index in [0.29, 0.717) is 6.54 Å². The number of hydrogen-bond donors (Lipinski definition) is 1. The second kappa shape index (κ2) is 4.71. The highest BCUT2D eigenvalue weighted by Crippen LogP contribution is 2.11. The maximum absolute atomic E-state index is 9.95. The van der Waals surface area contributed by atoms with Crippen molar-refractivity contribution in [3.8, 4) is 0 Å². The second-order valence-corrected chi connectivity index (χ2v) is 3.50. The van der Waals surface area contributed by atoms with Crippen LogP contribution in [0.25, 0.3) is 0 Å². The first-order chi connectivity index (χ1) is 7.36. The van der Waals surface area contributed by atoms with Crippen LogP contribution in [0, 0.1) is 0 Å². The van der Waals surface area contributed by atoms with E-state index in [1.807, 2.05) is 65.5 Å². The van der Waals surface area contributed by atoms with Gasteiger partial charge in [-0.05, 0) is 5.56 Å². The number of aromatic nitrogens is 1. The molecule has 1 atom stereocenters. The van der Waals surface area contributed by atoms with Crippen LogP contribution in [0.15, 0.2) is 60.9 Å². The van der Waals surface area contributed by atoms with Gasteiger partial charge in [-0.15, -0.1) is 0 Å². The highest BCUT2D eigenvalue weighted by atomic mass is 16.3. The summed E-state index contributed by atoms with van der Waals surface area (Å²) in [5, 5.41) is 9.95. The van der Waals surface area contributed by atoms with Crippen LogP contribution in [0.3, 0.4) is 0 Å². The monoisotopic (exact) mass is 200 g/mol. The van der Waals surface area contributed by atoms with Crippen LogP contribution >= 0.6 is 0 Å². The van der Waals surface area contributed by atoms with Crippen LogP contribution in [0.4, 0.5) is 0 Å². The molecule has 2 aromatic rings. The molecule has 0 fully saturated rings. The van der Waals surface area contributed by atoms with Crippen LogP contribution in [0.1, 0.15) is 11.7 Å². The van der Waals surface area contributed by atoms with Gasteiger partial charge in [0.05, 0.1) is 0 Å². The molecule has 0 aliphatic heterocycles. The average molecular weight is 200 g/mol. The van der Waals surface area contributed by atoms with Crippen molar-refractivity contribution in [1.82, 2.24) is 0 Å². The molecule has 0 unspecified atom stereocenters. The predicted octanol–water partition coefficient (Wildman–Crippen LogP) is 1.71. The molecule has 0 radical (unpaired) electrons. The van der Waals surface area contributed by atoms with E-state index in [9.17, 15) is 5.11 Å². The number of rotatable bonds is 3. The molecule has 0 bridgehead atoms. The lowest BCUT2D eigenvalue weighted by Crippen LogP contribution is -2.35. The van der Waals surface area contributed by atoms with Crippen molar-refractivity contribution < 1.29 is 9.67 Å². The van der Waals surface area contributed by atoms with Gasteiger partial charge in [0.15, 0.2) is 18.9 Å². The number of benzene rings is 1. The third-order valence-electron chi connectivity index (χ3n) is 2.35. The Balaban J connectivity index is 2.08. The van der Waals surface area contributed by atoms with E-state index in [1.54, 1.807) is 0 Å². The minimum atomic E-state index is -0.446. The fourth-order valence-corrected chi connectivity index (χ4v) is 1.54. The fraction of sp³-hybridized carbons (Fsp3) is 0.154. The third kappa shape index (κ3) is 2.64.